The van der Waals surface area contributed by atoms with Crippen LogP contribution in [0.4, 0.5) is 22.0 Å². The van der Waals surface area contributed by atoms with Crippen molar-refractivity contribution >= 4 is 11.9 Å². The maximum absolute atomic E-state index is 13.3. The zero-order valence-corrected chi connectivity index (χ0v) is 12.5. The first-order valence-electron chi connectivity index (χ1n) is 6.69. The Bertz CT molecular complexity index is 578. The number of nitrogens with zero attached hydrogens (tertiary/aromatic N) is 2. The van der Waals surface area contributed by atoms with E-state index in [1.54, 1.807) is 0 Å². The number of aryl methyl sites for hydroxylation is 1. The van der Waals surface area contributed by atoms with Gasteiger partial charge in [0.15, 0.2) is 0 Å². The fraction of sp³-hybridized carbons (Fsp3) is 0.615. The number of rotatable bonds is 3. The number of halogens is 5. The molecular formula is C13H14F5N3S. The van der Waals surface area contributed by atoms with Crippen LogP contribution in [-0.4, -0.2) is 41.6 Å². The molecule has 1 spiro atoms. The van der Waals surface area contributed by atoms with Gasteiger partial charge in [-0.1, -0.05) is 0 Å². The van der Waals surface area contributed by atoms with Gasteiger partial charge in [-0.05, 0) is 31.0 Å². The van der Waals surface area contributed by atoms with Crippen molar-refractivity contribution in [2.24, 2.45) is 5.41 Å². The quantitative estimate of drug-likeness (QED) is 0.677. The Hall–Kier alpha value is -0.930. The molecule has 0 aromatic carbocycles. The third-order valence-electron chi connectivity index (χ3n) is 3.97. The lowest BCUT2D eigenvalue weighted by atomic mass is 9.76. The number of nitrogens with one attached hydrogen (secondary N) is 1. The second kappa shape index (κ2) is 5.04. The number of pyridine rings is 1. The summed E-state index contributed by atoms with van der Waals surface area (Å²) in [7, 11) is 0. The van der Waals surface area contributed by atoms with Gasteiger partial charge in [0.2, 0.25) is 0 Å². The molecule has 2 saturated heterocycles. The molecule has 3 nitrogen and oxygen atoms in total. The van der Waals surface area contributed by atoms with Crippen molar-refractivity contribution in [3.63, 3.8) is 0 Å². The van der Waals surface area contributed by atoms with Crippen LogP contribution in [0.3, 0.4) is 0 Å². The number of hydrogen-bond donors (Lipinski definition) is 1. The van der Waals surface area contributed by atoms with Crippen molar-refractivity contribution in [1.82, 2.24) is 14.6 Å². The molecule has 0 unspecified atom stereocenters. The molecule has 22 heavy (non-hydrogen) atoms. The van der Waals surface area contributed by atoms with Crippen molar-refractivity contribution in [2.75, 3.05) is 26.2 Å². The van der Waals surface area contributed by atoms with Crippen LogP contribution in [0.2, 0.25) is 0 Å². The maximum atomic E-state index is 13.3. The number of aromatic nitrogens is 1. The van der Waals surface area contributed by atoms with Gasteiger partial charge in [0.25, 0.3) is 0 Å². The highest BCUT2D eigenvalue weighted by Gasteiger charge is 2.60. The van der Waals surface area contributed by atoms with Gasteiger partial charge in [-0.25, -0.2) is 4.31 Å². The van der Waals surface area contributed by atoms with Crippen LogP contribution >= 0.6 is 11.9 Å². The van der Waals surface area contributed by atoms with Gasteiger partial charge in [-0.15, -0.1) is 0 Å². The lowest BCUT2D eigenvalue weighted by Gasteiger charge is -2.55. The van der Waals surface area contributed by atoms with Gasteiger partial charge in [0.05, 0.1) is 5.69 Å². The van der Waals surface area contributed by atoms with E-state index in [4.69, 9.17) is 0 Å². The van der Waals surface area contributed by atoms with Crippen molar-refractivity contribution in [3.8, 4) is 0 Å². The van der Waals surface area contributed by atoms with Crippen LogP contribution in [0.5, 0.6) is 0 Å². The largest absolute Gasteiger partial charge is 0.459 e. The molecule has 0 aliphatic carbocycles. The summed E-state index contributed by atoms with van der Waals surface area (Å²) in [6.07, 6.45) is -5.64. The Morgan fingerprint density at radius 3 is 2.27 bits per heavy atom. The number of hydrogen-bond acceptors (Lipinski definition) is 4. The Morgan fingerprint density at radius 2 is 1.82 bits per heavy atom. The molecule has 9 heteroatoms. The normalized spacial score (nSPS) is 21.5. The highest BCUT2D eigenvalue weighted by molar-refractivity contribution is 7.97. The summed E-state index contributed by atoms with van der Waals surface area (Å²) >= 11 is 1.35. The molecule has 3 rings (SSSR count). The fourth-order valence-electron chi connectivity index (χ4n) is 2.57. The minimum Gasteiger partial charge on any atom is -0.315 e. The smallest absolute Gasteiger partial charge is 0.315 e. The third-order valence-corrected chi connectivity index (χ3v) is 5.11. The maximum Gasteiger partial charge on any atom is 0.459 e. The average Bonchev–Trinajstić information content (AvgIpc) is 2.30. The zero-order chi connectivity index (χ0) is 16.2. The molecule has 2 aliphatic heterocycles. The molecule has 1 aromatic heterocycles. The second-order valence-corrected chi connectivity index (χ2v) is 6.98. The summed E-state index contributed by atoms with van der Waals surface area (Å²) in [4.78, 5) is 4.06. The molecule has 2 fully saturated rings. The first kappa shape index (κ1) is 15.9. The first-order chi connectivity index (χ1) is 10.1. The summed E-state index contributed by atoms with van der Waals surface area (Å²) < 4.78 is 65.6. The van der Waals surface area contributed by atoms with Gasteiger partial charge >= 0.3 is 12.1 Å². The molecule has 0 atom stereocenters. The Morgan fingerprint density at radius 1 is 1.18 bits per heavy atom. The molecule has 0 radical (unpaired) electrons. The minimum absolute atomic E-state index is 0.180. The summed E-state index contributed by atoms with van der Waals surface area (Å²) in [5, 5.41) is 3.20. The molecule has 0 saturated carbocycles. The van der Waals surface area contributed by atoms with Crippen LogP contribution in [0.25, 0.3) is 0 Å². The summed E-state index contributed by atoms with van der Waals surface area (Å²) in [5.41, 5.74) is -0.762. The summed E-state index contributed by atoms with van der Waals surface area (Å²) in [6, 6.07) is 2.04. The van der Waals surface area contributed by atoms with E-state index in [1.807, 2.05) is 0 Å². The molecule has 1 N–H and O–H groups in total. The molecule has 0 amide bonds. The molecular weight excluding hydrogens is 325 g/mol. The molecule has 1 aromatic rings. The Labute approximate surface area is 128 Å². The molecule has 2 aliphatic rings. The van der Waals surface area contributed by atoms with Crippen LogP contribution in [0.15, 0.2) is 17.0 Å². The van der Waals surface area contributed by atoms with Gasteiger partial charge in [0, 0.05) is 36.5 Å². The monoisotopic (exact) mass is 339 g/mol. The van der Waals surface area contributed by atoms with Crippen molar-refractivity contribution in [3.05, 3.63) is 23.5 Å². The van der Waals surface area contributed by atoms with E-state index in [0.29, 0.717) is 10.3 Å². The lowest BCUT2D eigenvalue weighted by Crippen LogP contribution is -2.69. The average molecular weight is 339 g/mol. The van der Waals surface area contributed by atoms with Crippen LogP contribution < -0.4 is 5.32 Å². The van der Waals surface area contributed by atoms with Gasteiger partial charge in [-0.3, -0.25) is 4.98 Å². The van der Waals surface area contributed by atoms with E-state index < -0.39 is 17.8 Å². The molecule has 0 bridgehead atoms. The van der Waals surface area contributed by atoms with E-state index in [2.05, 4.69) is 14.6 Å². The van der Waals surface area contributed by atoms with Crippen LogP contribution in [0.1, 0.15) is 11.4 Å². The summed E-state index contributed by atoms with van der Waals surface area (Å²) in [5.74, 6) is -4.93. The lowest BCUT2D eigenvalue weighted by molar-refractivity contribution is -0.291. The van der Waals surface area contributed by atoms with Crippen LogP contribution in [-0.2, 0) is 5.92 Å². The van der Waals surface area contributed by atoms with Crippen LogP contribution in [0, 0.1) is 12.3 Å². The Balaban J connectivity index is 1.70. The molecule has 122 valence electrons. The van der Waals surface area contributed by atoms with E-state index in [0.717, 1.165) is 32.2 Å². The zero-order valence-electron chi connectivity index (χ0n) is 11.7. The predicted octanol–water partition coefficient (Wildman–Crippen LogP) is 2.96. The van der Waals surface area contributed by atoms with E-state index in [9.17, 15) is 22.0 Å². The third kappa shape index (κ3) is 2.59. The SMILES string of the molecule is Cc1nc(C(F)(F)C(F)(F)F)ccc1SN1CC2(CNC2)C1. The minimum atomic E-state index is -5.64. The first-order valence-corrected chi connectivity index (χ1v) is 7.47. The van der Waals surface area contributed by atoms with Gasteiger partial charge < -0.3 is 5.32 Å². The predicted molar refractivity (Wildman–Crippen MR) is 71.7 cm³/mol. The highest BCUT2D eigenvalue weighted by Crippen LogP contribution is 2.44. The van der Waals surface area contributed by atoms with Crippen molar-refractivity contribution in [2.45, 2.75) is 23.9 Å². The van der Waals surface area contributed by atoms with Gasteiger partial charge in [-0.2, -0.15) is 22.0 Å². The van der Waals surface area contributed by atoms with E-state index >= 15 is 0 Å². The highest BCUT2D eigenvalue weighted by atomic mass is 32.2. The van der Waals surface area contributed by atoms with E-state index in [-0.39, 0.29) is 5.69 Å². The van der Waals surface area contributed by atoms with Gasteiger partial charge in [0.1, 0.15) is 5.69 Å². The standard InChI is InChI=1S/C13H14F5N3S/c1-8-9(22-21-6-11(7-21)4-19-5-11)2-3-10(20-8)12(14,15)13(16,17)18/h2-3,19H,4-7H2,1H3. The van der Waals surface area contributed by atoms with Crippen molar-refractivity contribution < 1.29 is 22.0 Å². The van der Waals surface area contributed by atoms with E-state index in [1.165, 1.54) is 24.9 Å². The van der Waals surface area contributed by atoms with Crippen molar-refractivity contribution in [1.29, 1.82) is 0 Å². The number of alkyl halides is 5. The second-order valence-electron chi connectivity index (χ2n) is 5.85. The fourth-order valence-corrected chi connectivity index (χ4v) is 3.83. The summed E-state index contributed by atoms with van der Waals surface area (Å²) in [6.45, 7) is 5.14. The Kier molecular flexibility index (Phi) is 3.65. The topological polar surface area (TPSA) is 28.2 Å². The molecule has 3 heterocycles.